The molecule has 2 aromatic carbocycles. The molecule has 0 saturated carbocycles. The summed E-state index contributed by atoms with van der Waals surface area (Å²) < 4.78 is 31.5. The molecule has 112 valence electrons. The van der Waals surface area contributed by atoms with Crippen LogP contribution in [-0.4, -0.2) is 12.0 Å². The van der Waals surface area contributed by atoms with Crippen LogP contribution in [0.3, 0.4) is 0 Å². The maximum absolute atomic E-state index is 13.5. The number of nitriles is 1. The lowest BCUT2D eigenvalue weighted by molar-refractivity contribution is -0.122. The first-order chi connectivity index (χ1) is 10.5. The van der Waals surface area contributed by atoms with Gasteiger partial charge in [0.1, 0.15) is 11.9 Å². The van der Waals surface area contributed by atoms with Gasteiger partial charge in [-0.15, -0.1) is 0 Å². The molecule has 0 aliphatic rings. The molecule has 0 aliphatic heterocycles. The lowest BCUT2D eigenvalue weighted by Gasteiger charge is -2.15. The van der Waals surface area contributed by atoms with E-state index in [0.29, 0.717) is 17.3 Å². The van der Waals surface area contributed by atoms with Crippen molar-refractivity contribution < 1.29 is 18.3 Å². The van der Waals surface area contributed by atoms with E-state index in [1.165, 1.54) is 6.92 Å². The van der Waals surface area contributed by atoms with E-state index in [0.717, 1.165) is 12.1 Å². The van der Waals surface area contributed by atoms with Gasteiger partial charge in [0.25, 0.3) is 5.91 Å². The summed E-state index contributed by atoms with van der Waals surface area (Å²) in [5.74, 6) is -2.40. The number of ether oxygens (including phenoxy) is 1. The van der Waals surface area contributed by atoms with E-state index in [-0.39, 0.29) is 5.75 Å². The molecule has 0 heterocycles. The normalized spacial score (nSPS) is 11.4. The lowest BCUT2D eigenvalue weighted by atomic mass is 10.2. The van der Waals surface area contributed by atoms with Crippen molar-refractivity contribution in [1.29, 1.82) is 5.26 Å². The minimum Gasteiger partial charge on any atom is -0.478 e. The number of nitrogens with one attached hydrogen (secondary N) is 1. The molecule has 0 unspecified atom stereocenters. The van der Waals surface area contributed by atoms with Crippen LogP contribution in [0.1, 0.15) is 12.5 Å². The maximum atomic E-state index is 13.5. The number of benzene rings is 2. The van der Waals surface area contributed by atoms with Crippen LogP contribution in [0.4, 0.5) is 14.5 Å². The van der Waals surface area contributed by atoms with E-state index in [1.54, 1.807) is 24.3 Å². The van der Waals surface area contributed by atoms with Gasteiger partial charge in [-0.1, -0.05) is 12.1 Å². The average molecular weight is 302 g/mol. The van der Waals surface area contributed by atoms with Gasteiger partial charge in [-0.05, 0) is 31.2 Å². The van der Waals surface area contributed by atoms with Gasteiger partial charge >= 0.3 is 0 Å². The molecule has 0 fully saturated rings. The number of anilines is 1. The highest BCUT2D eigenvalue weighted by atomic mass is 19.1. The van der Waals surface area contributed by atoms with Crippen molar-refractivity contribution in [2.45, 2.75) is 13.0 Å². The van der Waals surface area contributed by atoms with Crippen molar-refractivity contribution in [2.24, 2.45) is 0 Å². The van der Waals surface area contributed by atoms with Crippen molar-refractivity contribution in [1.82, 2.24) is 0 Å². The van der Waals surface area contributed by atoms with Gasteiger partial charge in [0, 0.05) is 6.07 Å². The van der Waals surface area contributed by atoms with E-state index in [4.69, 9.17) is 10.00 Å². The molecule has 1 amide bonds. The molecule has 0 bridgehead atoms. The van der Waals surface area contributed by atoms with Crippen LogP contribution in [-0.2, 0) is 4.79 Å². The summed E-state index contributed by atoms with van der Waals surface area (Å²) in [6, 6.07) is 11.2. The van der Waals surface area contributed by atoms with Crippen molar-refractivity contribution >= 4 is 11.6 Å². The largest absolute Gasteiger partial charge is 0.478 e. The second-order valence-corrected chi connectivity index (χ2v) is 4.48. The van der Waals surface area contributed by atoms with Crippen LogP contribution < -0.4 is 10.1 Å². The maximum Gasteiger partial charge on any atom is 0.265 e. The third-order valence-corrected chi connectivity index (χ3v) is 2.87. The lowest BCUT2D eigenvalue weighted by Crippen LogP contribution is -2.30. The fraction of sp³-hybridized carbons (Fsp3) is 0.125. The molecule has 4 nitrogen and oxygen atoms in total. The SMILES string of the molecule is C[C@@H](Oc1ccc(F)cc1F)C(=O)Nc1ccccc1C#N. The first kappa shape index (κ1) is 15.4. The van der Waals surface area contributed by atoms with Gasteiger partial charge in [0.05, 0.1) is 11.3 Å². The Morgan fingerprint density at radius 2 is 2.00 bits per heavy atom. The van der Waals surface area contributed by atoms with E-state index in [2.05, 4.69) is 5.32 Å². The summed E-state index contributed by atoms with van der Waals surface area (Å²) >= 11 is 0. The first-order valence-corrected chi connectivity index (χ1v) is 6.43. The fourth-order valence-corrected chi connectivity index (χ4v) is 1.74. The summed E-state index contributed by atoms with van der Waals surface area (Å²) in [7, 11) is 0. The molecule has 2 aromatic rings. The molecule has 2 rings (SSSR count). The number of rotatable bonds is 4. The number of carbonyl (C=O) groups is 1. The molecule has 0 aromatic heterocycles. The molecular weight excluding hydrogens is 290 g/mol. The zero-order valence-corrected chi connectivity index (χ0v) is 11.6. The zero-order valence-electron chi connectivity index (χ0n) is 11.6. The minimum absolute atomic E-state index is 0.224. The summed E-state index contributed by atoms with van der Waals surface area (Å²) in [6.07, 6.45) is -1.02. The van der Waals surface area contributed by atoms with Crippen LogP contribution in [0.25, 0.3) is 0 Å². The third kappa shape index (κ3) is 3.58. The quantitative estimate of drug-likeness (QED) is 0.943. The summed E-state index contributed by atoms with van der Waals surface area (Å²) in [5.41, 5.74) is 0.640. The number of halogens is 2. The zero-order chi connectivity index (χ0) is 16.1. The summed E-state index contributed by atoms with van der Waals surface area (Å²) in [6.45, 7) is 1.42. The van der Waals surface area contributed by atoms with Crippen LogP contribution in [0.2, 0.25) is 0 Å². The fourth-order valence-electron chi connectivity index (χ4n) is 1.74. The average Bonchev–Trinajstić information content (AvgIpc) is 2.50. The number of amides is 1. The molecule has 0 spiro atoms. The van der Waals surface area contributed by atoms with E-state index in [9.17, 15) is 13.6 Å². The Kier molecular flexibility index (Phi) is 4.69. The number of hydrogen-bond donors (Lipinski definition) is 1. The minimum atomic E-state index is -1.02. The highest BCUT2D eigenvalue weighted by molar-refractivity contribution is 5.95. The van der Waals surface area contributed by atoms with Crippen LogP contribution in [0, 0.1) is 23.0 Å². The number of hydrogen-bond acceptors (Lipinski definition) is 3. The van der Waals surface area contributed by atoms with Crippen molar-refractivity contribution in [3.63, 3.8) is 0 Å². The van der Waals surface area contributed by atoms with Gasteiger partial charge in [0.2, 0.25) is 0 Å². The molecule has 0 saturated heterocycles. The first-order valence-electron chi connectivity index (χ1n) is 6.43. The van der Waals surface area contributed by atoms with Gasteiger partial charge in [0.15, 0.2) is 17.7 Å². The van der Waals surface area contributed by atoms with E-state index in [1.807, 2.05) is 6.07 Å². The topological polar surface area (TPSA) is 62.1 Å². The molecule has 6 heteroatoms. The Labute approximate surface area is 125 Å². The van der Waals surface area contributed by atoms with Crippen LogP contribution in [0.15, 0.2) is 42.5 Å². The number of para-hydroxylation sites is 1. The van der Waals surface area contributed by atoms with Crippen molar-refractivity contribution in [3.05, 3.63) is 59.7 Å². The number of nitrogens with zero attached hydrogens (tertiary/aromatic N) is 1. The molecule has 0 aliphatic carbocycles. The van der Waals surface area contributed by atoms with Gasteiger partial charge in [-0.25, -0.2) is 8.78 Å². The summed E-state index contributed by atoms with van der Waals surface area (Å²) in [5, 5.41) is 11.5. The van der Waals surface area contributed by atoms with E-state index >= 15 is 0 Å². The predicted molar refractivity (Wildman–Crippen MR) is 76.2 cm³/mol. The van der Waals surface area contributed by atoms with Crippen molar-refractivity contribution in [3.8, 4) is 11.8 Å². The Morgan fingerprint density at radius 1 is 1.27 bits per heavy atom. The van der Waals surface area contributed by atoms with Crippen LogP contribution >= 0.6 is 0 Å². The second-order valence-electron chi connectivity index (χ2n) is 4.48. The predicted octanol–water partition coefficient (Wildman–Crippen LogP) is 3.24. The molecular formula is C16H12F2N2O2. The van der Waals surface area contributed by atoms with Crippen LogP contribution in [0.5, 0.6) is 5.75 Å². The highest BCUT2D eigenvalue weighted by Gasteiger charge is 2.18. The smallest absolute Gasteiger partial charge is 0.265 e. The van der Waals surface area contributed by atoms with Gasteiger partial charge in [-0.3, -0.25) is 4.79 Å². The molecule has 1 atom stereocenters. The summed E-state index contributed by atoms with van der Waals surface area (Å²) in [4.78, 5) is 12.0. The highest BCUT2D eigenvalue weighted by Crippen LogP contribution is 2.20. The molecule has 1 N–H and O–H groups in total. The van der Waals surface area contributed by atoms with Gasteiger partial charge in [-0.2, -0.15) is 5.26 Å². The van der Waals surface area contributed by atoms with Gasteiger partial charge < -0.3 is 10.1 Å². The molecule has 22 heavy (non-hydrogen) atoms. The second kappa shape index (κ2) is 6.68. The number of carbonyl (C=O) groups excluding carboxylic acids is 1. The Hall–Kier alpha value is -2.94. The van der Waals surface area contributed by atoms with E-state index < -0.39 is 23.6 Å². The molecule has 0 radical (unpaired) electrons. The Balaban J connectivity index is 2.08. The monoisotopic (exact) mass is 302 g/mol. The third-order valence-electron chi connectivity index (χ3n) is 2.87. The Bertz CT molecular complexity index is 741. The van der Waals surface area contributed by atoms with Crippen molar-refractivity contribution in [2.75, 3.05) is 5.32 Å². The Morgan fingerprint density at radius 3 is 2.68 bits per heavy atom. The standard InChI is InChI=1S/C16H12F2N2O2/c1-10(22-15-7-6-12(17)8-13(15)18)16(21)20-14-5-3-2-4-11(14)9-19/h2-8,10H,1H3,(H,20,21)/t10-/m1/s1.